The Morgan fingerprint density at radius 3 is 2.18 bits per heavy atom. The first-order chi connectivity index (χ1) is 13.1. The van der Waals surface area contributed by atoms with Crippen molar-refractivity contribution in [3.05, 3.63) is 52.0 Å². The molecule has 2 aromatic rings. The van der Waals surface area contributed by atoms with Crippen LogP contribution in [0, 0.1) is 0 Å². The number of benzene rings is 2. The summed E-state index contributed by atoms with van der Waals surface area (Å²) in [4.78, 5) is 12.8. The molecule has 0 saturated heterocycles. The molecule has 0 saturated carbocycles. The minimum atomic E-state index is -0.161. The first kappa shape index (κ1) is 25.4. The van der Waals surface area contributed by atoms with Crippen molar-refractivity contribution in [2.75, 3.05) is 13.2 Å². The number of carbonyl (C=O) groups is 1. The van der Waals surface area contributed by atoms with Crippen LogP contribution in [0.5, 0.6) is 11.5 Å². The van der Waals surface area contributed by atoms with E-state index < -0.39 is 0 Å². The van der Waals surface area contributed by atoms with Crippen LogP contribution in [0.15, 0.2) is 36.4 Å². The second-order valence-electron chi connectivity index (χ2n) is 6.05. The minimum Gasteiger partial charge on any atom is -0.496 e. The third kappa shape index (κ3) is 7.62. The molecule has 0 fully saturated rings. The maximum Gasteiger partial charge on any atom is 1.00 e. The number of hydrogen-bond acceptors (Lipinski definition) is 3. The second kappa shape index (κ2) is 13.5. The average Bonchev–Trinajstić information content (AvgIpc) is 2.64. The first-order valence-electron chi connectivity index (χ1n) is 9.16. The summed E-state index contributed by atoms with van der Waals surface area (Å²) in [5, 5.41) is 1.48. The van der Waals surface area contributed by atoms with E-state index in [4.69, 9.17) is 32.7 Å². The molecule has 7 heteroatoms. The summed E-state index contributed by atoms with van der Waals surface area (Å²) >= 11 is 12.3. The topological polar surface area (TPSA) is 35.5 Å². The van der Waals surface area contributed by atoms with Crippen LogP contribution in [-0.4, -0.2) is 18.7 Å². The van der Waals surface area contributed by atoms with Crippen LogP contribution in [0.25, 0.3) is 0 Å². The summed E-state index contributed by atoms with van der Waals surface area (Å²) < 4.78 is 11.7. The van der Waals surface area contributed by atoms with E-state index in [9.17, 15) is 4.79 Å². The second-order valence-corrected chi connectivity index (χ2v) is 7.97. The molecule has 146 valence electrons. The normalized spacial score (nSPS) is 10.7. The van der Waals surface area contributed by atoms with Crippen molar-refractivity contribution >= 4 is 42.6 Å². The van der Waals surface area contributed by atoms with Crippen molar-refractivity contribution in [3.63, 3.8) is 0 Å². The Morgan fingerprint density at radius 1 is 0.964 bits per heavy atom. The van der Waals surface area contributed by atoms with Crippen LogP contribution in [0.1, 0.15) is 49.9 Å². The number of unbranched alkanes of at least 4 members (excludes halogenated alkanes) is 2. The molecular weight excluding hydrogens is 409 g/mol. The van der Waals surface area contributed by atoms with Gasteiger partial charge in [-0.3, -0.25) is 0 Å². The summed E-state index contributed by atoms with van der Waals surface area (Å²) in [5.74, 6) is 1.41. The minimum absolute atomic E-state index is 0. The number of hydrogen-bond donors (Lipinski definition) is 0. The van der Waals surface area contributed by atoms with Crippen molar-refractivity contribution in [1.82, 2.24) is 0 Å². The first-order valence-corrected chi connectivity index (χ1v) is 10.8. The van der Waals surface area contributed by atoms with Gasteiger partial charge in [-0.1, -0.05) is 62.0 Å². The van der Waals surface area contributed by atoms with E-state index in [-0.39, 0.29) is 24.4 Å². The molecule has 0 aliphatic rings. The summed E-state index contributed by atoms with van der Waals surface area (Å²) in [6.45, 7) is 5.49. The van der Waals surface area contributed by atoms with Crippen molar-refractivity contribution in [2.45, 2.75) is 39.5 Å². The Hall–Kier alpha value is -0.683. The van der Waals surface area contributed by atoms with Crippen molar-refractivity contribution in [2.24, 2.45) is 0 Å². The van der Waals surface area contributed by atoms with Gasteiger partial charge >= 0.3 is 18.9 Å². The van der Waals surface area contributed by atoms with Gasteiger partial charge in [0.05, 0.1) is 29.0 Å². The molecule has 0 unspecified atom stereocenters. The smallest absolute Gasteiger partial charge is 0.496 e. The van der Waals surface area contributed by atoms with Gasteiger partial charge in [0.2, 0.25) is 0 Å². The molecule has 0 heterocycles. The standard InChI is InChI=1S/C21H24Cl2O3P.Li/c1-3-5-12-25-15-10-11-19(18(14-15)26-13-6-4-2)27-21(24)20-16(22)8-7-9-17(20)23;/h7-11,14H,3-6,12-13H2,1-2H3;/q-1;+1. The van der Waals surface area contributed by atoms with E-state index in [1.165, 1.54) is 0 Å². The van der Waals surface area contributed by atoms with Crippen molar-refractivity contribution in [1.29, 1.82) is 0 Å². The number of ether oxygens (including phenoxy) is 2. The Labute approximate surface area is 191 Å². The Balaban J connectivity index is 0.00000392. The van der Waals surface area contributed by atoms with Crippen molar-refractivity contribution < 1.29 is 33.1 Å². The fourth-order valence-corrected chi connectivity index (χ4v) is 3.98. The van der Waals surface area contributed by atoms with E-state index in [1.807, 2.05) is 18.2 Å². The number of carbonyl (C=O) groups excluding carboxylic acids is 1. The average molecular weight is 433 g/mol. The summed E-state index contributed by atoms with van der Waals surface area (Å²) in [7, 11) is 0.464. The SMILES string of the molecule is CCCCOc1ccc([P-]C(=O)c2c(Cl)cccc2Cl)c(OCCCC)c1.[Li+]. The molecule has 0 amide bonds. The summed E-state index contributed by atoms with van der Waals surface area (Å²) in [6, 6.07) is 10.6. The molecule has 3 nitrogen and oxygen atoms in total. The van der Waals surface area contributed by atoms with Crippen LogP contribution in [-0.2, 0) is 0 Å². The Bertz CT molecular complexity index is 751. The van der Waals surface area contributed by atoms with Gasteiger partial charge in [0.1, 0.15) is 5.75 Å². The van der Waals surface area contributed by atoms with Crippen LogP contribution >= 0.6 is 31.8 Å². The predicted molar refractivity (Wildman–Crippen MR) is 115 cm³/mol. The molecule has 0 N–H and O–H groups in total. The molecular formula is C21H24Cl2LiO3P. The predicted octanol–water partition coefficient (Wildman–Crippen LogP) is 3.77. The molecule has 0 bridgehead atoms. The molecule has 0 radical (unpaired) electrons. The molecule has 0 aromatic heterocycles. The molecule has 0 aliphatic heterocycles. The Kier molecular flexibility index (Phi) is 12.2. The van der Waals surface area contributed by atoms with E-state index in [2.05, 4.69) is 13.8 Å². The summed E-state index contributed by atoms with van der Waals surface area (Å²) in [5.41, 5.74) is 0.177. The maximum atomic E-state index is 12.8. The van der Waals surface area contributed by atoms with E-state index in [0.717, 1.165) is 36.7 Å². The summed E-state index contributed by atoms with van der Waals surface area (Å²) in [6.07, 6.45) is 4.05. The number of rotatable bonds is 11. The van der Waals surface area contributed by atoms with E-state index in [0.29, 0.717) is 43.2 Å². The molecule has 28 heavy (non-hydrogen) atoms. The van der Waals surface area contributed by atoms with Gasteiger partial charge in [0.25, 0.3) is 0 Å². The van der Waals surface area contributed by atoms with Gasteiger partial charge in [0, 0.05) is 17.2 Å². The fraction of sp³-hybridized carbons (Fsp3) is 0.381. The molecule has 2 rings (SSSR count). The largest absolute Gasteiger partial charge is 1.00 e. The van der Waals surface area contributed by atoms with Gasteiger partial charge < -0.3 is 22.8 Å². The van der Waals surface area contributed by atoms with E-state index >= 15 is 0 Å². The molecule has 2 aromatic carbocycles. The van der Waals surface area contributed by atoms with Crippen LogP contribution in [0.2, 0.25) is 10.0 Å². The zero-order valence-electron chi connectivity index (χ0n) is 16.6. The van der Waals surface area contributed by atoms with Crippen molar-refractivity contribution in [3.8, 4) is 11.5 Å². The molecule has 0 aliphatic carbocycles. The fourth-order valence-electron chi connectivity index (χ4n) is 2.32. The van der Waals surface area contributed by atoms with Gasteiger partial charge in [-0.25, -0.2) is 0 Å². The van der Waals surface area contributed by atoms with Crippen LogP contribution < -0.4 is 33.6 Å². The van der Waals surface area contributed by atoms with Crippen LogP contribution in [0.3, 0.4) is 0 Å². The maximum absolute atomic E-state index is 12.8. The number of halogens is 2. The molecule has 0 spiro atoms. The Morgan fingerprint density at radius 2 is 1.57 bits per heavy atom. The van der Waals surface area contributed by atoms with Crippen LogP contribution in [0.4, 0.5) is 0 Å². The third-order valence-electron chi connectivity index (χ3n) is 3.85. The zero-order valence-corrected chi connectivity index (χ0v) is 19.0. The quantitative estimate of drug-likeness (QED) is 0.308. The molecule has 0 atom stereocenters. The van der Waals surface area contributed by atoms with Gasteiger partial charge in [0.15, 0.2) is 0 Å². The van der Waals surface area contributed by atoms with Gasteiger partial charge in [-0.15, -0.1) is 0 Å². The van der Waals surface area contributed by atoms with Gasteiger partial charge in [-0.2, -0.15) is 5.30 Å². The third-order valence-corrected chi connectivity index (χ3v) is 5.52. The van der Waals surface area contributed by atoms with E-state index in [1.54, 1.807) is 18.2 Å². The zero-order chi connectivity index (χ0) is 19.6. The van der Waals surface area contributed by atoms with Gasteiger partial charge in [-0.05, 0) is 31.0 Å². The monoisotopic (exact) mass is 432 g/mol.